The van der Waals surface area contributed by atoms with E-state index in [2.05, 4.69) is 42.2 Å². The molecule has 0 saturated carbocycles. The van der Waals surface area contributed by atoms with E-state index in [1.807, 2.05) is 24.3 Å². The molecule has 2 rings (SSSR count). The van der Waals surface area contributed by atoms with Crippen LogP contribution >= 0.6 is 43.5 Å². The number of phenols is 1. The van der Waals surface area contributed by atoms with Crippen LogP contribution in [0.15, 0.2) is 39.3 Å². The molecule has 0 aliphatic carbocycles. The Bertz CT molecular complexity index is 555. The number of hydrogen-bond donors (Lipinski definition) is 2. The van der Waals surface area contributed by atoms with E-state index in [0.717, 1.165) is 5.56 Å². The second-order valence-electron chi connectivity index (χ2n) is 3.61. The highest BCUT2D eigenvalue weighted by Gasteiger charge is 2.06. The van der Waals surface area contributed by atoms with Crippen molar-refractivity contribution >= 4 is 49.3 Å². The van der Waals surface area contributed by atoms with Gasteiger partial charge in [-0.15, -0.1) is 0 Å². The molecule has 0 fully saturated rings. The third-order valence-corrected chi connectivity index (χ3v) is 3.68. The van der Waals surface area contributed by atoms with Gasteiger partial charge >= 0.3 is 0 Å². The van der Waals surface area contributed by atoms with E-state index >= 15 is 0 Å². The van der Waals surface area contributed by atoms with Gasteiger partial charge in [0, 0.05) is 6.54 Å². The standard InChI is InChI=1S/C12H9Br2ClN2O/c13-8-4-7(5-9(14)12(8)18)6-16-11-3-1-2-10(15)17-11/h1-5,18H,6H2,(H,16,17). The van der Waals surface area contributed by atoms with Crippen LogP contribution in [0.2, 0.25) is 5.15 Å². The Morgan fingerprint density at radius 3 is 2.50 bits per heavy atom. The summed E-state index contributed by atoms with van der Waals surface area (Å²) in [5.74, 6) is 0.905. The van der Waals surface area contributed by atoms with E-state index in [0.29, 0.717) is 26.5 Å². The topological polar surface area (TPSA) is 45.1 Å². The number of nitrogens with one attached hydrogen (secondary N) is 1. The Morgan fingerprint density at radius 2 is 1.89 bits per heavy atom. The Labute approximate surface area is 126 Å². The van der Waals surface area contributed by atoms with Crippen molar-refractivity contribution in [1.29, 1.82) is 0 Å². The summed E-state index contributed by atoms with van der Waals surface area (Å²) in [6.45, 7) is 0.588. The van der Waals surface area contributed by atoms with Crippen LogP contribution in [0.1, 0.15) is 5.56 Å². The molecule has 0 radical (unpaired) electrons. The molecule has 0 amide bonds. The number of rotatable bonds is 3. The Kier molecular flexibility index (Phi) is 4.48. The second-order valence-corrected chi connectivity index (χ2v) is 5.70. The molecular weight excluding hydrogens is 383 g/mol. The molecule has 0 atom stereocenters. The van der Waals surface area contributed by atoms with E-state index in [9.17, 15) is 5.11 Å². The highest BCUT2D eigenvalue weighted by molar-refractivity contribution is 9.11. The minimum atomic E-state index is 0.194. The minimum Gasteiger partial charge on any atom is -0.506 e. The molecule has 0 bridgehead atoms. The van der Waals surface area contributed by atoms with Crippen molar-refractivity contribution in [2.24, 2.45) is 0 Å². The number of anilines is 1. The van der Waals surface area contributed by atoms with Gasteiger partial charge in [-0.25, -0.2) is 4.98 Å². The normalized spacial score (nSPS) is 10.4. The third-order valence-electron chi connectivity index (χ3n) is 2.27. The lowest BCUT2D eigenvalue weighted by Crippen LogP contribution is -2.01. The summed E-state index contributed by atoms with van der Waals surface area (Å²) in [6, 6.07) is 9.09. The second kappa shape index (κ2) is 5.91. The van der Waals surface area contributed by atoms with Gasteiger partial charge in [0.25, 0.3) is 0 Å². The van der Waals surface area contributed by atoms with Gasteiger partial charge in [-0.1, -0.05) is 17.7 Å². The first kappa shape index (κ1) is 13.6. The monoisotopic (exact) mass is 390 g/mol. The Balaban J connectivity index is 2.11. The van der Waals surface area contributed by atoms with Crippen molar-refractivity contribution in [2.45, 2.75) is 6.54 Å². The van der Waals surface area contributed by atoms with Crippen LogP contribution in [-0.2, 0) is 6.54 Å². The zero-order chi connectivity index (χ0) is 13.1. The number of aromatic hydroxyl groups is 1. The van der Waals surface area contributed by atoms with Crippen molar-refractivity contribution < 1.29 is 5.11 Å². The molecular formula is C12H9Br2ClN2O. The van der Waals surface area contributed by atoms with Crippen LogP contribution in [0.3, 0.4) is 0 Å². The fourth-order valence-corrected chi connectivity index (χ4v) is 2.86. The fraction of sp³-hybridized carbons (Fsp3) is 0.0833. The predicted octanol–water partition coefficient (Wildman–Crippen LogP) is 4.58. The molecule has 6 heteroatoms. The SMILES string of the molecule is Oc1c(Br)cc(CNc2cccc(Cl)n2)cc1Br. The van der Waals surface area contributed by atoms with Gasteiger partial charge in [0.2, 0.25) is 0 Å². The highest BCUT2D eigenvalue weighted by Crippen LogP contribution is 2.33. The highest BCUT2D eigenvalue weighted by atomic mass is 79.9. The van der Waals surface area contributed by atoms with E-state index in [4.69, 9.17) is 11.6 Å². The largest absolute Gasteiger partial charge is 0.506 e. The Hall–Kier alpha value is -0.780. The number of halogens is 3. The van der Waals surface area contributed by atoms with Gasteiger partial charge in [-0.3, -0.25) is 0 Å². The first-order chi connectivity index (χ1) is 8.56. The summed E-state index contributed by atoms with van der Waals surface area (Å²) in [5, 5.41) is 13.2. The lowest BCUT2D eigenvalue weighted by molar-refractivity contribution is 0.468. The summed E-state index contributed by atoms with van der Waals surface area (Å²) in [6.07, 6.45) is 0. The lowest BCUT2D eigenvalue weighted by Gasteiger charge is -2.08. The first-order valence-electron chi connectivity index (χ1n) is 5.09. The molecule has 94 valence electrons. The van der Waals surface area contributed by atoms with Crippen LogP contribution in [0, 0.1) is 0 Å². The maximum atomic E-state index is 9.61. The lowest BCUT2D eigenvalue weighted by atomic mass is 10.2. The molecule has 0 saturated heterocycles. The first-order valence-corrected chi connectivity index (χ1v) is 7.06. The summed E-state index contributed by atoms with van der Waals surface area (Å²) < 4.78 is 1.29. The molecule has 18 heavy (non-hydrogen) atoms. The van der Waals surface area contributed by atoms with Crippen LogP contribution in [-0.4, -0.2) is 10.1 Å². The summed E-state index contributed by atoms with van der Waals surface area (Å²) in [5.41, 5.74) is 1.01. The number of hydrogen-bond acceptors (Lipinski definition) is 3. The Morgan fingerprint density at radius 1 is 1.22 bits per heavy atom. The molecule has 1 heterocycles. The van der Waals surface area contributed by atoms with E-state index in [1.165, 1.54) is 0 Å². The number of pyridine rings is 1. The maximum Gasteiger partial charge on any atom is 0.143 e. The van der Waals surface area contributed by atoms with Gasteiger partial charge in [-0.05, 0) is 61.7 Å². The maximum absolute atomic E-state index is 9.61. The van der Waals surface area contributed by atoms with Crippen molar-refractivity contribution in [2.75, 3.05) is 5.32 Å². The average molecular weight is 392 g/mol. The number of phenolic OH excluding ortho intramolecular Hbond substituents is 1. The van der Waals surface area contributed by atoms with E-state index < -0.39 is 0 Å². The molecule has 2 aromatic rings. The van der Waals surface area contributed by atoms with Crippen molar-refractivity contribution in [3.05, 3.63) is 50.0 Å². The van der Waals surface area contributed by atoms with E-state index in [-0.39, 0.29) is 5.75 Å². The third kappa shape index (κ3) is 3.37. The molecule has 0 unspecified atom stereocenters. The number of nitrogens with zero attached hydrogens (tertiary/aromatic N) is 1. The van der Waals surface area contributed by atoms with Crippen LogP contribution in [0.4, 0.5) is 5.82 Å². The molecule has 0 spiro atoms. The van der Waals surface area contributed by atoms with Crippen molar-refractivity contribution in [3.63, 3.8) is 0 Å². The van der Waals surface area contributed by atoms with Crippen LogP contribution in [0.5, 0.6) is 5.75 Å². The molecule has 0 aliphatic rings. The quantitative estimate of drug-likeness (QED) is 0.752. The average Bonchev–Trinajstić information content (AvgIpc) is 2.33. The van der Waals surface area contributed by atoms with Gasteiger partial charge in [0.15, 0.2) is 0 Å². The number of benzene rings is 1. The zero-order valence-corrected chi connectivity index (χ0v) is 13.1. The van der Waals surface area contributed by atoms with Crippen molar-refractivity contribution in [3.8, 4) is 5.75 Å². The molecule has 1 aromatic carbocycles. The summed E-state index contributed by atoms with van der Waals surface area (Å²) >= 11 is 12.4. The molecule has 3 nitrogen and oxygen atoms in total. The smallest absolute Gasteiger partial charge is 0.143 e. The van der Waals surface area contributed by atoms with Gasteiger partial charge in [0.05, 0.1) is 8.95 Å². The van der Waals surface area contributed by atoms with Gasteiger partial charge in [0.1, 0.15) is 16.7 Å². The molecule has 0 aliphatic heterocycles. The zero-order valence-electron chi connectivity index (χ0n) is 9.12. The molecule has 2 N–H and O–H groups in total. The fourth-order valence-electron chi connectivity index (χ4n) is 1.42. The predicted molar refractivity (Wildman–Crippen MR) is 80.1 cm³/mol. The van der Waals surface area contributed by atoms with Crippen LogP contribution in [0.25, 0.3) is 0 Å². The van der Waals surface area contributed by atoms with Gasteiger partial charge < -0.3 is 10.4 Å². The van der Waals surface area contributed by atoms with E-state index in [1.54, 1.807) is 6.07 Å². The van der Waals surface area contributed by atoms with Gasteiger partial charge in [-0.2, -0.15) is 0 Å². The van der Waals surface area contributed by atoms with Crippen LogP contribution < -0.4 is 5.32 Å². The number of aromatic nitrogens is 1. The minimum absolute atomic E-state index is 0.194. The van der Waals surface area contributed by atoms with Crippen molar-refractivity contribution in [1.82, 2.24) is 4.98 Å². The summed E-state index contributed by atoms with van der Waals surface area (Å²) in [7, 11) is 0. The summed E-state index contributed by atoms with van der Waals surface area (Å²) in [4.78, 5) is 4.13. The molecule has 1 aromatic heterocycles.